The number of likely N-dealkylation sites (tertiary alicyclic amines) is 1. The molecule has 66 heavy (non-hydrogen) atoms. The van der Waals surface area contributed by atoms with E-state index in [0.717, 1.165) is 61.3 Å². The summed E-state index contributed by atoms with van der Waals surface area (Å²) >= 11 is 3.12. The predicted octanol–water partition coefficient (Wildman–Crippen LogP) is 10.5. The van der Waals surface area contributed by atoms with Crippen LogP contribution in [0.3, 0.4) is 0 Å². The van der Waals surface area contributed by atoms with Gasteiger partial charge in [0.2, 0.25) is 11.8 Å². The van der Waals surface area contributed by atoms with Gasteiger partial charge in [-0.05, 0) is 76.9 Å². The van der Waals surface area contributed by atoms with Gasteiger partial charge in [0.15, 0.2) is 11.5 Å². The van der Waals surface area contributed by atoms with E-state index in [2.05, 4.69) is 59.2 Å². The van der Waals surface area contributed by atoms with Crippen LogP contribution in [0.2, 0.25) is 0 Å². The van der Waals surface area contributed by atoms with E-state index in [1.165, 1.54) is 23.9 Å². The molecule has 0 saturated carbocycles. The smallest absolute Gasteiger partial charge is 0.287 e. The van der Waals surface area contributed by atoms with Gasteiger partial charge < -0.3 is 29.3 Å². The van der Waals surface area contributed by atoms with E-state index < -0.39 is 23.9 Å². The summed E-state index contributed by atoms with van der Waals surface area (Å²) in [7, 11) is 0. The first-order valence-corrected chi connectivity index (χ1v) is 23.5. The molecule has 4 amide bonds. The molecule has 9 rings (SSSR count). The van der Waals surface area contributed by atoms with Gasteiger partial charge in [-0.15, -0.1) is 22.7 Å². The highest BCUT2D eigenvalue weighted by Gasteiger charge is 2.37. The highest BCUT2D eigenvalue weighted by Crippen LogP contribution is 2.39. The Bertz CT molecular complexity index is 2880. The molecule has 0 bridgehead atoms. The molecule has 0 radical (unpaired) electrons. The highest BCUT2D eigenvalue weighted by molar-refractivity contribution is 7.15. The summed E-state index contributed by atoms with van der Waals surface area (Å²) < 4.78 is 10.6. The van der Waals surface area contributed by atoms with Crippen LogP contribution in [0.5, 0.6) is 0 Å². The SMILES string of the molecule is CCCN(Cc1ncc(-c2ccc(-c3ccc(-c4cnc(C5CCCN5C(=O)C(NC(=O)c5ccco5)c5ccccc5)s4)cc3)cc2)s1)C(=O)C(NC(=O)c1ccco1)c1ccccc1. The molecule has 4 aromatic heterocycles. The van der Waals surface area contributed by atoms with Gasteiger partial charge in [0.25, 0.3) is 11.8 Å². The third kappa shape index (κ3) is 9.80. The summed E-state index contributed by atoms with van der Waals surface area (Å²) in [4.78, 5) is 69.6. The number of hydrogen-bond donors (Lipinski definition) is 2. The second-order valence-electron chi connectivity index (χ2n) is 15.9. The normalized spacial score (nSPS) is 14.4. The van der Waals surface area contributed by atoms with Crippen LogP contribution in [-0.2, 0) is 16.1 Å². The van der Waals surface area contributed by atoms with Gasteiger partial charge in [-0.3, -0.25) is 19.2 Å². The molecule has 4 aromatic carbocycles. The van der Waals surface area contributed by atoms with Gasteiger partial charge in [0.1, 0.15) is 22.1 Å². The Kier molecular flexibility index (Phi) is 13.4. The molecule has 0 spiro atoms. The molecule has 3 unspecified atom stereocenters. The van der Waals surface area contributed by atoms with Gasteiger partial charge in [0, 0.05) is 25.5 Å². The molecule has 14 heteroatoms. The Morgan fingerprint density at radius 2 is 1.20 bits per heavy atom. The van der Waals surface area contributed by atoms with Crippen LogP contribution >= 0.6 is 22.7 Å². The van der Waals surface area contributed by atoms with Crippen molar-refractivity contribution in [1.82, 2.24) is 30.4 Å². The molecular formula is C52H46N6O6S2. The Balaban J connectivity index is 0.850. The van der Waals surface area contributed by atoms with Crippen molar-refractivity contribution in [2.45, 2.75) is 50.9 Å². The quantitative estimate of drug-likeness (QED) is 0.0972. The van der Waals surface area contributed by atoms with E-state index in [1.807, 2.05) is 84.9 Å². The van der Waals surface area contributed by atoms with Gasteiger partial charge in [-0.1, -0.05) is 116 Å². The minimum atomic E-state index is -0.897. The van der Waals surface area contributed by atoms with Crippen LogP contribution in [0, 0.1) is 0 Å². The van der Waals surface area contributed by atoms with E-state index in [4.69, 9.17) is 18.8 Å². The molecule has 2 N–H and O–H groups in total. The second-order valence-corrected chi connectivity index (χ2v) is 18.1. The maximum Gasteiger partial charge on any atom is 0.287 e. The van der Waals surface area contributed by atoms with E-state index in [9.17, 15) is 19.2 Å². The number of carbonyl (C=O) groups excluding carboxylic acids is 4. The number of rotatable bonds is 16. The van der Waals surface area contributed by atoms with Crippen molar-refractivity contribution in [3.05, 3.63) is 191 Å². The Labute approximate surface area is 390 Å². The van der Waals surface area contributed by atoms with Crippen molar-refractivity contribution < 1.29 is 28.0 Å². The molecule has 1 aliphatic rings. The summed E-state index contributed by atoms with van der Waals surface area (Å²) in [6.45, 7) is 3.39. The zero-order valence-corrected chi connectivity index (χ0v) is 37.7. The fourth-order valence-corrected chi connectivity index (χ4v) is 10.2. The van der Waals surface area contributed by atoms with E-state index >= 15 is 0 Å². The lowest BCUT2D eigenvalue weighted by Gasteiger charge is -2.28. The fourth-order valence-electron chi connectivity index (χ4n) is 8.17. The Morgan fingerprint density at radius 3 is 1.76 bits per heavy atom. The van der Waals surface area contributed by atoms with Crippen LogP contribution < -0.4 is 10.6 Å². The fraction of sp³-hybridized carbons (Fsp3) is 0.192. The number of benzene rings is 4. The second kappa shape index (κ2) is 20.2. The molecule has 3 atom stereocenters. The summed E-state index contributed by atoms with van der Waals surface area (Å²) in [5, 5.41) is 7.45. The number of amides is 4. The highest BCUT2D eigenvalue weighted by atomic mass is 32.1. The van der Waals surface area contributed by atoms with E-state index in [0.29, 0.717) is 30.8 Å². The third-order valence-electron chi connectivity index (χ3n) is 11.5. The zero-order valence-electron chi connectivity index (χ0n) is 36.0. The van der Waals surface area contributed by atoms with Gasteiger partial charge >= 0.3 is 0 Å². The zero-order chi connectivity index (χ0) is 45.4. The lowest BCUT2D eigenvalue weighted by molar-refractivity contribution is -0.135. The number of carbonyl (C=O) groups is 4. The average Bonchev–Trinajstić information content (AvgIpc) is 4.23. The van der Waals surface area contributed by atoms with Crippen LogP contribution in [0.1, 0.15) is 86.6 Å². The molecule has 1 aliphatic heterocycles. The minimum absolute atomic E-state index is 0.137. The topological polar surface area (TPSA) is 151 Å². The number of nitrogens with zero attached hydrogens (tertiary/aromatic N) is 4. The first-order valence-electron chi connectivity index (χ1n) is 21.8. The molecule has 5 heterocycles. The van der Waals surface area contributed by atoms with Crippen LogP contribution in [0.15, 0.2) is 167 Å². The molecule has 332 valence electrons. The summed E-state index contributed by atoms with van der Waals surface area (Å²) in [5.41, 5.74) is 5.57. The van der Waals surface area contributed by atoms with E-state index in [1.54, 1.807) is 40.5 Å². The molecule has 1 fully saturated rings. The van der Waals surface area contributed by atoms with Gasteiger partial charge in [0.05, 0.1) is 34.9 Å². The first-order chi connectivity index (χ1) is 32.3. The predicted molar refractivity (Wildman–Crippen MR) is 254 cm³/mol. The van der Waals surface area contributed by atoms with Gasteiger partial charge in [-0.2, -0.15) is 0 Å². The summed E-state index contributed by atoms with van der Waals surface area (Å²) in [6, 6.07) is 39.7. The number of aromatic nitrogens is 2. The monoisotopic (exact) mass is 914 g/mol. The Morgan fingerprint density at radius 1 is 0.667 bits per heavy atom. The maximum atomic E-state index is 14.2. The van der Waals surface area contributed by atoms with Gasteiger partial charge in [-0.25, -0.2) is 9.97 Å². The molecular weight excluding hydrogens is 869 g/mol. The molecule has 8 aromatic rings. The van der Waals surface area contributed by atoms with Crippen molar-refractivity contribution in [3.63, 3.8) is 0 Å². The summed E-state index contributed by atoms with van der Waals surface area (Å²) in [5.74, 6) is -1.03. The van der Waals surface area contributed by atoms with Crippen LogP contribution in [-0.4, -0.2) is 56.5 Å². The lowest BCUT2D eigenvalue weighted by Crippen LogP contribution is -2.43. The average molecular weight is 915 g/mol. The van der Waals surface area contributed by atoms with Crippen molar-refractivity contribution in [3.8, 4) is 32.0 Å². The standard InChI is InChI=1S/C52H46N6O6S2/c1-2-27-57(51(61)46(38-12-5-3-6-13-38)55-48(59)41-17-10-29-63-41)33-45-53-31-43(65-45)36-23-19-34(20-24-36)35-21-25-37(26-22-35)44-32-54-50(66-44)40-16-9-28-58(40)52(62)47(39-14-7-4-8-15-39)56-49(60)42-18-11-30-64-42/h3-8,10-15,17-26,29-32,40,46-47H,2,9,16,27-28,33H2,1H3,(H,55,59)(H,56,60). The van der Waals surface area contributed by atoms with Crippen molar-refractivity contribution >= 4 is 46.3 Å². The van der Waals surface area contributed by atoms with E-state index in [-0.39, 0.29) is 29.4 Å². The largest absolute Gasteiger partial charge is 0.459 e. The number of nitrogens with one attached hydrogen (secondary N) is 2. The molecule has 1 saturated heterocycles. The summed E-state index contributed by atoms with van der Waals surface area (Å²) in [6.07, 6.45) is 8.94. The molecule has 0 aliphatic carbocycles. The van der Waals surface area contributed by atoms with Crippen molar-refractivity contribution in [2.75, 3.05) is 13.1 Å². The maximum absolute atomic E-state index is 14.2. The van der Waals surface area contributed by atoms with Crippen molar-refractivity contribution in [1.29, 1.82) is 0 Å². The third-order valence-corrected chi connectivity index (χ3v) is 13.7. The number of thiazole rings is 2. The lowest BCUT2D eigenvalue weighted by atomic mass is 10.0. The first kappa shape index (κ1) is 43.8. The minimum Gasteiger partial charge on any atom is -0.459 e. The number of hydrogen-bond acceptors (Lipinski definition) is 10. The molecule has 12 nitrogen and oxygen atoms in total. The van der Waals surface area contributed by atoms with Crippen LogP contribution in [0.25, 0.3) is 32.0 Å². The number of furan rings is 2. The Hall–Kier alpha value is -7.42. The van der Waals surface area contributed by atoms with Crippen molar-refractivity contribution in [2.24, 2.45) is 0 Å². The van der Waals surface area contributed by atoms with Crippen LogP contribution in [0.4, 0.5) is 0 Å².